The molecule has 1 fully saturated rings. The average Bonchev–Trinajstić information content (AvgIpc) is 2.85. The number of carbonyl (C=O) groups excluding carboxylic acids is 1. The maximum atomic E-state index is 13.1. The number of nitrogens with zero attached hydrogens (tertiary/aromatic N) is 3. The Labute approximate surface area is 203 Å². The number of fused-ring (bicyclic) bond motifs is 1. The van der Waals surface area contributed by atoms with E-state index >= 15 is 0 Å². The third kappa shape index (κ3) is 5.56. The Bertz CT molecular complexity index is 1190. The molecule has 4 rings (SSSR count). The van der Waals surface area contributed by atoms with E-state index in [-0.39, 0.29) is 35.5 Å². The number of halogens is 2. The second kappa shape index (κ2) is 11.4. The summed E-state index contributed by atoms with van der Waals surface area (Å²) in [5.41, 5.74) is 0.419. The Morgan fingerprint density at radius 3 is 2.35 bits per heavy atom. The molecule has 1 aliphatic rings. The summed E-state index contributed by atoms with van der Waals surface area (Å²) >= 11 is 0. The lowest BCUT2D eigenvalue weighted by atomic mass is 9.89. The molecule has 0 amide bonds. The maximum absolute atomic E-state index is 13.1. The van der Waals surface area contributed by atoms with Crippen molar-refractivity contribution in [3.05, 3.63) is 64.3 Å². The molecule has 182 valence electrons. The standard InChI is InChI=1S/C25H28FN3O4.ClH/c1-32-22-14-19-16-27-29(25(31)21(19)15-23(22)33-2)11-3-10-28-12-8-18(9-13-28)24(30)17-4-6-20(26)7-5-17;/h4-7,14-16,18H,3,8-13H2,1-2H3;1H. The minimum absolute atomic E-state index is 0. The Morgan fingerprint density at radius 2 is 1.71 bits per heavy atom. The van der Waals surface area contributed by atoms with Crippen LogP contribution in [-0.4, -0.2) is 54.3 Å². The van der Waals surface area contributed by atoms with Crippen LogP contribution < -0.4 is 15.0 Å². The SMILES string of the molecule is COc1cc2cnn(CCCN3CCC(C(=O)c4ccc(F)cc4)CC3)c(=O)c2cc1OC.Cl. The van der Waals surface area contributed by atoms with Crippen molar-refractivity contribution in [2.24, 2.45) is 5.92 Å². The summed E-state index contributed by atoms with van der Waals surface area (Å²) < 4.78 is 25.2. The molecule has 0 aliphatic carbocycles. The van der Waals surface area contributed by atoms with E-state index in [1.165, 1.54) is 16.8 Å². The van der Waals surface area contributed by atoms with Crippen LogP contribution in [0.4, 0.5) is 4.39 Å². The van der Waals surface area contributed by atoms with Crippen molar-refractivity contribution in [2.45, 2.75) is 25.8 Å². The van der Waals surface area contributed by atoms with Crippen LogP contribution in [0.2, 0.25) is 0 Å². The Hall–Kier alpha value is -2.97. The molecule has 0 radical (unpaired) electrons. The highest BCUT2D eigenvalue weighted by atomic mass is 35.5. The smallest absolute Gasteiger partial charge is 0.274 e. The molecular weight excluding hydrogens is 461 g/mol. The lowest BCUT2D eigenvalue weighted by molar-refractivity contribution is 0.0838. The van der Waals surface area contributed by atoms with Gasteiger partial charge >= 0.3 is 0 Å². The van der Waals surface area contributed by atoms with Gasteiger partial charge in [-0.1, -0.05) is 0 Å². The summed E-state index contributed by atoms with van der Waals surface area (Å²) in [7, 11) is 3.10. The van der Waals surface area contributed by atoms with Gasteiger partial charge in [0.25, 0.3) is 5.56 Å². The van der Waals surface area contributed by atoms with Gasteiger partial charge in [-0.15, -0.1) is 12.4 Å². The average molecular weight is 490 g/mol. The number of ether oxygens (including phenoxy) is 2. The van der Waals surface area contributed by atoms with Gasteiger partial charge in [-0.2, -0.15) is 5.10 Å². The van der Waals surface area contributed by atoms with Gasteiger partial charge in [-0.05, 0) is 75.3 Å². The minimum atomic E-state index is -0.333. The lowest BCUT2D eigenvalue weighted by Crippen LogP contribution is -2.37. The predicted molar refractivity (Wildman–Crippen MR) is 131 cm³/mol. The summed E-state index contributed by atoms with van der Waals surface area (Å²) in [6.45, 7) is 3.00. The first kappa shape index (κ1) is 25.6. The van der Waals surface area contributed by atoms with Crippen molar-refractivity contribution < 1.29 is 18.7 Å². The first-order valence-corrected chi connectivity index (χ1v) is 11.1. The molecule has 0 bridgehead atoms. The number of Topliss-reactive ketones (excluding diaryl/α,β-unsaturated/α-hetero) is 1. The van der Waals surface area contributed by atoms with E-state index < -0.39 is 0 Å². The van der Waals surface area contributed by atoms with Gasteiger partial charge in [0.1, 0.15) is 5.82 Å². The van der Waals surface area contributed by atoms with Gasteiger partial charge in [0.15, 0.2) is 17.3 Å². The van der Waals surface area contributed by atoms with E-state index in [1.807, 2.05) is 0 Å². The zero-order chi connectivity index (χ0) is 23.4. The normalized spacial score (nSPS) is 14.6. The summed E-state index contributed by atoms with van der Waals surface area (Å²) in [4.78, 5) is 27.8. The van der Waals surface area contributed by atoms with Crippen LogP contribution in [0, 0.1) is 11.7 Å². The van der Waals surface area contributed by atoms with E-state index in [2.05, 4.69) is 10.00 Å². The fourth-order valence-corrected chi connectivity index (χ4v) is 4.38. The Kier molecular flexibility index (Phi) is 8.63. The number of rotatable bonds is 8. The quantitative estimate of drug-likeness (QED) is 0.446. The van der Waals surface area contributed by atoms with Crippen LogP contribution in [0.3, 0.4) is 0 Å². The maximum Gasteiger partial charge on any atom is 0.274 e. The van der Waals surface area contributed by atoms with Gasteiger partial charge in [-0.3, -0.25) is 9.59 Å². The third-order valence-electron chi connectivity index (χ3n) is 6.29. The van der Waals surface area contributed by atoms with Gasteiger partial charge in [0.05, 0.1) is 25.8 Å². The molecule has 0 saturated carbocycles. The van der Waals surface area contributed by atoms with Crippen LogP contribution in [0.15, 0.2) is 47.4 Å². The number of aromatic nitrogens is 2. The molecule has 1 saturated heterocycles. The molecular formula is C25H29ClFN3O4. The van der Waals surface area contributed by atoms with Crippen molar-refractivity contribution in [3.8, 4) is 11.5 Å². The minimum Gasteiger partial charge on any atom is -0.493 e. The Morgan fingerprint density at radius 1 is 1.06 bits per heavy atom. The van der Waals surface area contributed by atoms with E-state index in [0.29, 0.717) is 34.4 Å². The molecule has 1 aliphatic heterocycles. The fourth-order valence-electron chi connectivity index (χ4n) is 4.38. The highest BCUT2D eigenvalue weighted by Gasteiger charge is 2.25. The number of hydrogen-bond donors (Lipinski definition) is 0. The lowest BCUT2D eigenvalue weighted by Gasteiger charge is -2.31. The molecule has 0 N–H and O–H groups in total. The third-order valence-corrected chi connectivity index (χ3v) is 6.29. The van der Waals surface area contributed by atoms with Crippen LogP contribution in [0.1, 0.15) is 29.6 Å². The fraction of sp³-hybridized carbons (Fsp3) is 0.400. The van der Waals surface area contributed by atoms with Crippen molar-refractivity contribution in [1.82, 2.24) is 14.7 Å². The predicted octanol–water partition coefficient (Wildman–Crippen LogP) is 3.96. The largest absolute Gasteiger partial charge is 0.493 e. The van der Waals surface area contributed by atoms with E-state index in [4.69, 9.17) is 9.47 Å². The Balaban J connectivity index is 0.00000324. The number of piperidine rings is 1. The van der Waals surface area contributed by atoms with Crippen LogP contribution in [0.25, 0.3) is 10.8 Å². The number of carbonyl (C=O) groups is 1. The number of aryl methyl sites for hydroxylation is 1. The molecule has 9 heteroatoms. The van der Waals surface area contributed by atoms with Crippen molar-refractivity contribution in [1.29, 1.82) is 0 Å². The van der Waals surface area contributed by atoms with Crippen LogP contribution in [-0.2, 0) is 6.54 Å². The second-order valence-corrected chi connectivity index (χ2v) is 8.31. The second-order valence-electron chi connectivity index (χ2n) is 8.31. The number of ketones is 1. The van der Waals surface area contributed by atoms with Crippen molar-refractivity contribution in [2.75, 3.05) is 33.9 Å². The van der Waals surface area contributed by atoms with Crippen molar-refractivity contribution in [3.63, 3.8) is 0 Å². The van der Waals surface area contributed by atoms with Gasteiger partial charge in [0.2, 0.25) is 0 Å². The first-order valence-electron chi connectivity index (χ1n) is 11.1. The molecule has 2 aromatic carbocycles. The summed E-state index contributed by atoms with van der Waals surface area (Å²) in [5, 5.41) is 5.57. The molecule has 2 heterocycles. The van der Waals surface area contributed by atoms with E-state index in [1.54, 1.807) is 44.7 Å². The molecule has 7 nitrogen and oxygen atoms in total. The first-order chi connectivity index (χ1) is 16.0. The highest BCUT2D eigenvalue weighted by Crippen LogP contribution is 2.30. The zero-order valence-electron chi connectivity index (χ0n) is 19.3. The van der Waals surface area contributed by atoms with E-state index in [0.717, 1.165) is 38.9 Å². The zero-order valence-corrected chi connectivity index (χ0v) is 20.1. The topological polar surface area (TPSA) is 73.7 Å². The number of hydrogen-bond acceptors (Lipinski definition) is 6. The van der Waals surface area contributed by atoms with Gasteiger partial charge < -0.3 is 14.4 Å². The monoisotopic (exact) mass is 489 g/mol. The summed E-state index contributed by atoms with van der Waals surface area (Å²) in [5.74, 6) is 0.806. The highest BCUT2D eigenvalue weighted by molar-refractivity contribution is 5.97. The van der Waals surface area contributed by atoms with E-state index in [9.17, 15) is 14.0 Å². The van der Waals surface area contributed by atoms with Crippen LogP contribution in [0.5, 0.6) is 11.5 Å². The summed E-state index contributed by atoms with van der Waals surface area (Å²) in [6, 6.07) is 9.23. The van der Waals surface area contributed by atoms with Gasteiger partial charge in [-0.25, -0.2) is 9.07 Å². The van der Waals surface area contributed by atoms with Gasteiger partial charge in [0, 0.05) is 23.4 Å². The van der Waals surface area contributed by atoms with Crippen molar-refractivity contribution >= 4 is 29.0 Å². The number of benzene rings is 2. The molecule has 0 atom stereocenters. The molecule has 0 spiro atoms. The number of likely N-dealkylation sites (tertiary alicyclic amines) is 1. The molecule has 3 aromatic rings. The molecule has 1 aromatic heterocycles. The molecule has 0 unspecified atom stereocenters. The number of methoxy groups -OCH3 is 2. The molecule has 34 heavy (non-hydrogen) atoms. The summed E-state index contributed by atoms with van der Waals surface area (Å²) in [6.07, 6.45) is 4.02. The van der Waals surface area contributed by atoms with Crippen LogP contribution >= 0.6 is 12.4 Å².